The van der Waals surface area contributed by atoms with E-state index in [1.807, 2.05) is 12.1 Å². The van der Waals surface area contributed by atoms with Gasteiger partial charge in [-0.25, -0.2) is 0 Å². The van der Waals surface area contributed by atoms with E-state index in [4.69, 9.17) is 32.7 Å². The highest BCUT2D eigenvalue weighted by atomic mass is 35.5. The monoisotopic (exact) mass is 398 g/mol. The van der Waals surface area contributed by atoms with Gasteiger partial charge >= 0.3 is 0 Å². The van der Waals surface area contributed by atoms with E-state index in [1.165, 1.54) is 11.8 Å². The van der Waals surface area contributed by atoms with Crippen molar-refractivity contribution in [3.63, 3.8) is 0 Å². The van der Waals surface area contributed by atoms with Gasteiger partial charge in [0, 0.05) is 13.1 Å². The van der Waals surface area contributed by atoms with Gasteiger partial charge in [-0.15, -0.1) is 5.10 Å². The van der Waals surface area contributed by atoms with E-state index in [0.717, 1.165) is 44.0 Å². The molecule has 1 aromatic heterocycles. The van der Waals surface area contributed by atoms with Gasteiger partial charge in [-0.1, -0.05) is 29.3 Å². The molecule has 26 heavy (non-hydrogen) atoms. The summed E-state index contributed by atoms with van der Waals surface area (Å²) in [6.45, 7) is 2.66. The van der Waals surface area contributed by atoms with Crippen LogP contribution in [0.4, 0.5) is 5.69 Å². The second-order valence-corrected chi connectivity index (χ2v) is 6.65. The summed E-state index contributed by atoms with van der Waals surface area (Å²) in [4.78, 5) is 2.28. The molecule has 1 aromatic carbocycles. The van der Waals surface area contributed by atoms with E-state index in [1.54, 1.807) is 14.2 Å². The molecule has 1 heterocycles. The van der Waals surface area contributed by atoms with Gasteiger partial charge in [0.15, 0.2) is 16.7 Å². The minimum Gasteiger partial charge on any atom is -0.493 e. The molecule has 0 aliphatic heterocycles. The van der Waals surface area contributed by atoms with Crippen molar-refractivity contribution in [2.24, 2.45) is 0 Å². The maximum Gasteiger partial charge on any atom is 0.176 e. The van der Waals surface area contributed by atoms with Crippen LogP contribution in [0.15, 0.2) is 24.4 Å². The molecule has 142 valence electrons. The topological polar surface area (TPSA) is 59.5 Å². The molecule has 0 atom stereocenters. The van der Waals surface area contributed by atoms with Crippen molar-refractivity contribution in [3.05, 3.63) is 40.1 Å². The van der Waals surface area contributed by atoms with Gasteiger partial charge in [-0.05, 0) is 44.1 Å². The van der Waals surface area contributed by atoms with Gasteiger partial charge in [-0.3, -0.25) is 0 Å². The fourth-order valence-electron chi connectivity index (χ4n) is 2.53. The van der Waals surface area contributed by atoms with Crippen LogP contribution in [0.5, 0.6) is 11.5 Å². The summed E-state index contributed by atoms with van der Waals surface area (Å²) in [5, 5.41) is 11.5. The molecule has 0 amide bonds. The average Bonchev–Trinajstić information content (AvgIpc) is 2.65. The fourth-order valence-corrected chi connectivity index (χ4v) is 2.99. The number of aromatic nitrogens is 2. The third kappa shape index (κ3) is 5.90. The molecule has 6 nitrogen and oxygen atoms in total. The quantitative estimate of drug-likeness (QED) is 0.614. The van der Waals surface area contributed by atoms with Crippen LogP contribution in [-0.4, -0.2) is 56.0 Å². The van der Waals surface area contributed by atoms with E-state index in [9.17, 15) is 0 Å². The zero-order chi connectivity index (χ0) is 18.9. The first-order valence-electron chi connectivity index (χ1n) is 8.35. The Morgan fingerprint density at radius 2 is 1.88 bits per heavy atom. The highest BCUT2D eigenvalue weighted by Crippen LogP contribution is 2.28. The zero-order valence-corrected chi connectivity index (χ0v) is 16.8. The van der Waals surface area contributed by atoms with Gasteiger partial charge in [0.05, 0.1) is 31.1 Å². The number of halogens is 2. The Labute approximate surface area is 164 Å². The Bertz CT molecular complexity index is 695. The Hall–Kier alpha value is -1.76. The van der Waals surface area contributed by atoms with E-state index in [-0.39, 0.29) is 0 Å². The first-order chi connectivity index (χ1) is 12.5. The molecule has 2 aromatic rings. The van der Waals surface area contributed by atoms with Gasteiger partial charge < -0.3 is 19.7 Å². The summed E-state index contributed by atoms with van der Waals surface area (Å²) in [5.74, 6) is 1.51. The summed E-state index contributed by atoms with van der Waals surface area (Å²) in [7, 11) is 5.40. The van der Waals surface area contributed by atoms with Crippen LogP contribution < -0.4 is 14.8 Å². The van der Waals surface area contributed by atoms with Crippen LogP contribution in [0.1, 0.15) is 12.0 Å². The maximum atomic E-state index is 6.06. The summed E-state index contributed by atoms with van der Waals surface area (Å²) in [5.41, 5.74) is 1.85. The molecule has 2 rings (SSSR count). The number of rotatable bonds is 10. The number of nitrogens with zero attached hydrogens (tertiary/aromatic N) is 3. The second kappa shape index (κ2) is 10.4. The zero-order valence-electron chi connectivity index (χ0n) is 15.3. The van der Waals surface area contributed by atoms with Crippen molar-refractivity contribution in [1.82, 2.24) is 15.1 Å². The molecular formula is C18H24Cl2N4O2. The maximum absolute atomic E-state index is 6.06. The number of anilines is 1. The number of hydrogen-bond donors (Lipinski definition) is 1. The minimum absolute atomic E-state index is 0.291. The molecule has 0 bridgehead atoms. The molecule has 0 aliphatic carbocycles. The molecule has 0 saturated carbocycles. The largest absolute Gasteiger partial charge is 0.493 e. The van der Waals surface area contributed by atoms with E-state index < -0.39 is 0 Å². The number of likely N-dealkylation sites (N-methyl/N-ethyl adjacent to an activating group) is 1. The number of nitrogens with one attached hydrogen (secondary N) is 1. The van der Waals surface area contributed by atoms with Crippen molar-refractivity contribution in [1.29, 1.82) is 0 Å². The molecule has 0 saturated heterocycles. The SMILES string of the molecule is COc1ccc(CCN(C)CCCNc2c(Cl)cnnc2Cl)cc1OC. The highest BCUT2D eigenvalue weighted by Gasteiger charge is 2.08. The standard InChI is InChI=1S/C18H24Cl2N4O2/c1-24(9-4-8-21-17-14(19)12-22-23-18(17)20)10-7-13-5-6-15(25-2)16(11-13)26-3/h5-6,11-12H,4,7-10H2,1-3H3,(H,21,22). The second-order valence-electron chi connectivity index (χ2n) is 5.88. The number of benzene rings is 1. The molecular weight excluding hydrogens is 375 g/mol. The minimum atomic E-state index is 0.291. The number of hydrogen-bond acceptors (Lipinski definition) is 6. The van der Waals surface area contributed by atoms with Crippen LogP contribution in [-0.2, 0) is 6.42 Å². The first-order valence-corrected chi connectivity index (χ1v) is 9.10. The number of ether oxygens (including phenoxy) is 2. The molecule has 0 spiro atoms. The molecule has 0 aliphatic rings. The summed E-state index contributed by atoms with van der Waals surface area (Å²) < 4.78 is 10.6. The van der Waals surface area contributed by atoms with Crippen molar-refractivity contribution < 1.29 is 9.47 Å². The lowest BCUT2D eigenvalue weighted by Gasteiger charge is -2.17. The van der Waals surface area contributed by atoms with Crippen LogP contribution in [0.2, 0.25) is 10.2 Å². The summed E-state index contributed by atoms with van der Waals surface area (Å²) >= 11 is 12.0. The van der Waals surface area contributed by atoms with Crippen LogP contribution in [0.3, 0.4) is 0 Å². The Morgan fingerprint density at radius 1 is 1.12 bits per heavy atom. The highest BCUT2D eigenvalue weighted by molar-refractivity contribution is 6.38. The lowest BCUT2D eigenvalue weighted by atomic mass is 10.1. The van der Waals surface area contributed by atoms with Crippen molar-refractivity contribution in [3.8, 4) is 11.5 Å². The Balaban J connectivity index is 1.73. The van der Waals surface area contributed by atoms with Crippen LogP contribution in [0, 0.1) is 0 Å². The van der Waals surface area contributed by atoms with Gasteiger partial charge in [0.25, 0.3) is 0 Å². The molecule has 0 fully saturated rings. The van der Waals surface area contributed by atoms with Crippen LogP contribution in [0.25, 0.3) is 0 Å². The average molecular weight is 399 g/mol. The van der Waals surface area contributed by atoms with E-state index in [2.05, 4.69) is 33.5 Å². The van der Waals surface area contributed by atoms with Gasteiger partial charge in [0.1, 0.15) is 0 Å². The van der Waals surface area contributed by atoms with E-state index >= 15 is 0 Å². The summed E-state index contributed by atoms with van der Waals surface area (Å²) in [6, 6.07) is 6.03. The summed E-state index contributed by atoms with van der Waals surface area (Å²) in [6.07, 6.45) is 3.37. The first kappa shape index (κ1) is 20.6. The van der Waals surface area contributed by atoms with Crippen molar-refractivity contribution in [2.45, 2.75) is 12.8 Å². The van der Waals surface area contributed by atoms with Crippen LogP contribution >= 0.6 is 23.2 Å². The predicted molar refractivity (Wildman–Crippen MR) is 106 cm³/mol. The lowest BCUT2D eigenvalue weighted by molar-refractivity contribution is 0.335. The van der Waals surface area contributed by atoms with Gasteiger partial charge in [0.2, 0.25) is 0 Å². The molecule has 0 radical (unpaired) electrons. The molecule has 8 heteroatoms. The Kier molecular flexibility index (Phi) is 8.22. The third-order valence-corrected chi connectivity index (χ3v) is 4.56. The fraction of sp³-hybridized carbons (Fsp3) is 0.444. The van der Waals surface area contributed by atoms with E-state index in [0.29, 0.717) is 15.9 Å². The normalized spacial score (nSPS) is 10.8. The Morgan fingerprint density at radius 3 is 2.58 bits per heavy atom. The van der Waals surface area contributed by atoms with Crippen molar-refractivity contribution >= 4 is 28.9 Å². The molecule has 1 N–H and O–H groups in total. The van der Waals surface area contributed by atoms with Crippen molar-refractivity contribution in [2.75, 3.05) is 46.2 Å². The lowest BCUT2D eigenvalue weighted by Crippen LogP contribution is -2.24. The third-order valence-electron chi connectivity index (χ3n) is 4.01. The number of methoxy groups -OCH3 is 2. The predicted octanol–water partition coefficient (Wildman–Crippen LogP) is 3.78. The smallest absolute Gasteiger partial charge is 0.176 e. The molecule has 0 unspecified atom stereocenters. The van der Waals surface area contributed by atoms with Gasteiger partial charge in [-0.2, -0.15) is 5.10 Å².